The summed E-state index contributed by atoms with van der Waals surface area (Å²) in [6.07, 6.45) is 1.25. The highest BCUT2D eigenvalue weighted by Gasteiger charge is 2.38. The number of hydrogen-bond donors (Lipinski definition) is 3. The van der Waals surface area contributed by atoms with Crippen molar-refractivity contribution in [3.05, 3.63) is 42.0 Å². The van der Waals surface area contributed by atoms with Gasteiger partial charge in [-0.3, -0.25) is 4.90 Å². The molecule has 2 atom stereocenters. The van der Waals surface area contributed by atoms with Gasteiger partial charge in [0.1, 0.15) is 22.9 Å². The number of amides is 2. The largest absolute Gasteiger partial charge is 0.494 e. The molecule has 14 heteroatoms. The number of ether oxygens (including phenoxy) is 1. The van der Waals surface area contributed by atoms with Crippen molar-refractivity contribution in [3.63, 3.8) is 0 Å². The molecular weight excluding hydrogens is 519 g/mol. The van der Waals surface area contributed by atoms with E-state index in [0.717, 1.165) is 42.2 Å². The number of rotatable bonds is 3. The minimum atomic E-state index is -5.08. The summed E-state index contributed by atoms with van der Waals surface area (Å²) < 4.78 is 39.1. The minimum Gasteiger partial charge on any atom is -0.494 e. The molecule has 2 aliphatic heterocycles. The predicted molar refractivity (Wildman–Crippen MR) is 139 cm³/mol. The van der Waals surface area contributed by atoms with E-state index in [4.69, 9.17) is 14.6 Å². The van der Waals surface area contributed by atoms with Gasteiger partial charge in [0.2, 0.25) is 0 Å². The van der Waals surface area contributed by atoms with Crippen LogP contribution < -0.4 is 25.2 Å². The number of piperazine rings is 1. The number of aryl methyl sites for hydroxylation is 1. The molecule has 1 saturated heterocycles. The van der Waals surface area contributed by atoms with E-state index in [-0.39, 0.29) is 6.03 Å². The molecule has 0 aliphatic carbocycles. The van der Waals surface area contributed by atoms with E-state index in [9.17, 15) is 18.0 Å². The summed E-state index contributed by atoms with van der Waals surface area (Å²) in [6, 6.07) is 4.51. The van der Waals surface area contributed by atoms with Crippen LogP contribution in [0.3, 0.4) is 0 Å². The number of nitrogens with one attached hydrogen (secondary N) is 2. The Morgan fingerprint density at radius 1 is 1.21 bits per heavy atom. The maximum absolute atomic E-state index is 13.2. The van der Waals surface area contributed by atoms with Crippen molar-refractivity contribution in [1.29, 1.82) is 0 Å². The molecule has 3 aromatic heterocycles. The van der Waals surface area contributed by atoms with Crippen LogP contribution in [0.5, 0.6) is 5.75 Å². The number of carboxylic acids is 1. The quantitative estimate of drug-likeness (QED) is 0.454. The van der Waals surface area contributed by atoms with Crippen LogP contribution >= 0.6 is 0 Å². The molecule has 210 valence electrons. The standard InChI is InChI=1S/C23H29N7O2.C2HF3O2/c1-14-10-28(11-15(2)25-14)19-5-7-24-22-17(19)6-8-30(22)23(31)27-18-13-29-12-16(3)26-21(29)9-20(18)32-4;3-2(4,5)1(6)7/h5,7,9,12-15,25H,6,8,10-11H2,1-4H3,(H,27,31);(H,6,7)/t14-,15+;. The van der Waals surface area contributed by atoms with Crippen molar-refractivity contribution in [3.8, 4) is 5.75 Å². The first kappa shape index (κ1) is 28.0. The Bertz CT molecular complexity index is 1370. The van der Waals surface area contributed by atoms with Gasteiger partial charge in [-0.2, -0.15) is 13.2 Å². The lowest BCUT2D eigenvalue weighted by atomic mass is 10.1. The topological polar surface area (TPSA) is 124 Å². The lowest BCUT2D eigenvalue weighted by Crippen LogP contribution is -2.54. The van der Waals surface area contributed by atoms with Gasteiger partial charge in [0.25, 0.3) is 0 Å². The second-order valence-corrected chi connectivity index (χ2v) is 9.54. The number of carboxylic acid groups (broad SMARTS) is 1. The summed E-state index contributed by atoms with van der Waals surface area (Å²) in [5.74, 6) is -1.45. The first-order chi connectivity index (χ1) is 18.4. The van der Waals surface area contributed by atoms with Gasteiger partial charge < -0.3 is 29.8 Å². The number of nitrogens with zero attached hydrogens (tertiary/aromatic N) is 5. The summed E-state index contributed by atoms with van der Waals surface area (Å²) in [7, 11) is 1.59. The third-order valence-corrected chi connectivity index (χ3v) is 6.37. The van der Waals surface area contributed by atoms with E-state index >= 15 is 0 Å². The second-order valence-electron chi connectivity index (χ2n) is 9.54. The van der Waals surface area contributed by atoms with E-state index in [1.807, 2.05) is 29.8 Å². The molecule has 0 saturated carbocycles. The van der Waals surface area contributed by atoms with Crippen molar-refractivity contribution >= 4 is 34.8 Å². The highest BCUT2D eigenvalue weighted by molar-refractivity contribution is 6.03. The molecule has 0 aromatic carbocycles. The van der Waals surface area contributed by atoms with Gasteiger partial charge in [-0.05, 0) is 33.3 Å². The maximum atomic E-state index is 13.2. The van der Waals surface area contributed by atoms with Crippen molar-refractivity contribution < 1.29 is 32.6 Å². The number of pyridine rings is 2. The highest BCUT2D eigenvalue weighted by Crippen LogP contribution is 2.35. The second kappa shape index (κ2) is 11.0. The van der Waals surface area contributed by atoms with Crippen molar-refractivity contribution in [2.24, 2.45) is 0 Å². The zero-order valence-corrected chi connectivity index (χ0v) is 21.9. The number of aliphatic carboxylic acids is 1. The van der Waals surface area contributed by atoms with E-state index in [2.05, 4.69) is 45.4 Å². The summed E-state index contributed by atoms with van der Waals surface area (Å²) >= 11 is 0. The van der Waals surface area contributed by atoms with Crippen LogP contribution in [0, 0.1) is 6.92 Å². The van der Waals surface area contributed by atoms with Gasteiger partial charge in [0, 0.05) is 67.6 Å². The van der Waals surface area contributed by atoms with Crippen LogP contribution in [-0.4, -0.2) is 76.5 Å². The Morgan fingerprint density at radius 2 is 1.87 bits per heavy atom. The smallest absolute Gasteiger partial charge is 0.490 e. The molecule has 0 unspecified atom stereocenters. The number of carbonyl (C=O) groups excluding carboxylic acids is 1. The molecule has 0 bridgehead atoms. The van der Waals surface area contributed by atoms with Gasteiger partial charge in [-0.25, -0.2) is 19.6 Å². The Balaban J connectivity index is 0.000000448. The lowest BCUT2D eigenvalue weighted by Gasteiger charge is -2.38. The average molecular weight is 550 g/mol. The number of anilines is 3. The van der Waals surface area contributed by atoms with Crippen molar-refractivity contribution in [1.82, 2.24) is 19.7 Å². The number of aromatic nitrogens is 3. The summed E-state index contributed by atoms with van der Waals surface area (Å²) in [4.78, 5) is 35.3. The number of halogens is 3. The fourth-order valence-corrected chi connectivity index (χ4v) is 4.88. The number of urea groups is 1. The van der Waals surface area contributed by atoms with E-state index in [1.54, 1.807) is 18.2 Å². The fourth-order valence-electron chi connectivity index (χ4n) is 4.88. The van der Waals surface area contributed by atoms with Gasteiger partial charge in [-0.15, -0.1) is 0 Å². The molecule has 0 radical (unpaired) electrons. The molecule has 39 heavy (non-hydrogen) atoms. The fraction of sp³-hybridized carbons (Fsp3) is 0.440. The Hall–Kier alpha value is -4.07. The zero-order valence-electron chi connectivity index (χ0n) is 21.9. The van der Waals surface area contributed by atoms with Crippen LogP contribution in [0.25, 0.3) is 5.65 Å². The van der Waals surface area contributed by atoms with Gasteiger partial charge in [-0.1, -0.05) is 0 Å². The molecule has 11 nitrogen and oxygen atoms in total. The third kappa shape index (κ3) is 6.16. The predicted octanol–water partition coefficient (Wildman–Crippen LogP) is 3.46. The first-order valence-corrected chi connectivity index (χ1v) is 12.3. The van der Waals surface area contributed by atoms with E-state index in [1.165, 1.54) is 5.69 Å². The molecule has 1 fully saturated rings. The molecule has 5 rings (SSSR count). The number of alkyl halides is 3. The highest BCUT2D eigenvalue weighted by atomic mass is 19.4. The van der Waals surface area contributed by atoms with Crippen LogP contribution in [0.15, 0.2) is 30.7 Å². The molecule has 3 aromatic rings. The number of methoxy groups -OCH3 is 1. The molecule has 2 aliphatic rings. The number of hydrogen-bond acceptors (Lipinski definition) is 7. The van der Waals surface area contributed by atoms with Crippen molar-refractivity contribution in [2.75, 3.05) is 41.9 Å². The van der Waals surface area contributed by atoms with Crippen molar-refractivity contribution in [2.45, 2.75) is 45.5 Å². The monoisotopic (exact) mass is 549 g/mol. The number of imidazole rings is 1. The maximum Gasteiger partial charge on any atom is 0.490 e. The molecule has 2 amide bonds. The number of fused-ring (bicyclic) bond motifs is 2. The Kier molecular flexibility index (Phi) is 7.86. The van der Waals surface area contributed by atoms with Crippen LogP contribution in [0.4, 0.5) is 35.2 Å². The van der Waals surface area contributed by atoms with Crippen LogP contribution in [0.2, 0.25) is 0 Å². The van der Waals surface area contributed by atoms with Gasteiger partial charge in [0.15, 0.2) is 0 Å². The molecule has 3 N–H and O–H groups in total. The molecule has 0 spiro atoms. The molecule has 5 heterocycles. The summed E-state index contributed by atoms with van der Waals surface area (Å²) in [6.45, 7) is 8.81. The minimum absolute atomic E-state index is 0.218. The zero-order chi connectivity index (χ0) is 28.5. The summed E-state index contributed by atoms with van der Waals surface area (Å²) in [5, 5.41) is 13.7. The lowest BCUT2D eigenvalue weighted by molar-refractivity contribution is -0.192. The first-order valence-electron chi connectivity index (χ1n) is 12.3. The van der Waals surface area contributed by atoms with Crippen LogP contribution in [-0.2, 0) is 11.2 Å². The molecular formula is C25H30F3N7O4. The number of carbonyl (C=O) groups is 2. The van der Waals surface area contributed by atoms with Crippen LogP contribution in [0.1, 0.15) is 25.1 Å². The average Bonchev–Trinajstić information content (AvgIpc) is 3.44. The SMILES string of the molecule is COc1cc2nc(C)cn2cc1NC(=O)N1CCc2c(N3C[C@@H](C)N[C@@H](C)C3)ccnc21.O=C(O)C(F)(F)F. The van der Waals surface area contributed by atoms with Gasteiger partial charge in [0.05, 0.1) is 12.8 Å². The third-order valence-electron chi connectivity index (χ3n) is 6.37. The van der Waals surface area contributed by atoms with Gasteiger partial charge >= 0.3 is 18.2 Å². The Morgan fingerprint density at radius 3 is 2.49 bits per heavy atom. The normalized spacial score (nSPS) is 18.8. The van der Waals surface area contributed by atoms with E-state index < -0.39 is 12.1 Å². The Labute approximate surface area is 222 Å². The summed E-state index contributed by atoms with van der Waals surface area (Å²) in [5.41, 5.74) is 4.58. The van der Waals surface area contributed by atoms with E-state index in [0.29, 0.717) is 30.1 Å².